The van der Waals surface area contributed by atoms with Crippen molar-refractivity contribution >= 4 is 40.1 Å². The Labute approximate surface area is 267 Å². The standard InChI is InChI=1S/C32H34F3N5O5S/c1-4-45-30(42)24-16-40(10-7-19-8-11-44-12-9-19)25-6-5-20(13-22(25)28(24)41)23-15-36-27(39-31(43)37-18(2)3)14-21(23)29-38-26(17-46-29)32(33,34)35/h5-6,13-19H,4,7-12H2,1-3H3,(H2,36,37,39,43). The number of anilines is 1. The second kappa shape index (κ2) is 14.0. The number of halogens is 3. The summed E-state index contributed by atoms with van der Waals surface area (Å²) in [5.41, 5.74) is 0.0381. The SMILES string of the molecule is CCOC(=O)c1cn(CCC2CCOCC2)c2ccc(-c3cnc(NC(=O)NC(C)C)cc3-c3nc(C(F)(F)F)cs3)cc2c1=O. The van der Waals surface area contributed by atoms with Crippen LogP contribution in [-0.4, -0.2) is 52.4 Å². The highest BCUT2D eigenvalue weighted by Crippen LogP contribution is 2.39. The molecule has 2 amide bonds. The monoisotopic (exact) mass is 657 g/mol. The van der Waals surface area contributed by atoms with Crippen LogP contribution in [0, 0.1) is 5.92 Å². The van der Waals surface area contributed by atoms with Gasteiger partial charge in [0.15, 0.2) is 5.69 Å². The molecule has 244 valence electrons. The van der Waals surface area contributed by atoms with E-state index in [1.807, 2.05) is 4.57 Å². The molecule has 0 radical (unpaired) electrons. The number of hydrogen-bond acceptors (Lipinski definition) is 8. The Balaban J connectivity index is 1.62. The maximum atomic E-state index is 13.7. The van der Waals surface area contributed by atoms with Crippen LogP contribution in [0.15, 0.2) is 46.8 Å². The minimum Gasteiger partial charge on any atom is -0.462 e. The fraction of sp³-hybridized carbons (Fsp3) is 0.406. The quantitative estimate of drug-likeness (QED) is 0.191. The van der Waals surface area contributed by atoms with Gasteiger partial charge in [-0.15, -0.1) is 11.3 Å². The van der Waals surface area contributed by atoms with E-state index in [1.54, 1.807) is 39.0 Å². The smallest absolute Gasteiger partial charge is 0.434 e. The second-order valence-electron chi connectivity index (χ2n) is 11.3. The molecule has 0 spiro atoms. The summed E-state index contributed by atoms with van der Waals surface area (Å²) in [5.74, 6) is -0.196. The zero-order valence-electron chi connectivity index (χ0n) is 25.6. The second-order valence-corrected chi connectivity index (χ2v) is 12.1. The first-order chi connectivity index (χ1) is 21.9. The van der Waals surface area contributed by atoms with E-state index in [4.69, 9.17) is 9.47 Å². The summed E-state index contributed by atoms with van der Waals surface area (Å²) in [6, 6.07) is 5.84. The van der Waals surface area contributed by atoms with Crippen molar-refractivity contribution in [2.75, 3.05) is 25.1 Å². The van der Waals surface area contributed by atoms with Crippen molar-refractivity contribution in [1.82, 2.24) is 19.9 Å². The Bertz CT molecular complexity index is 1800. The highest BCUT2D eigenvalue weighted by Gasteiger charge is 2.34. The summed E-state index contributed by atoms with van der Waals surface area (Å²) in [7, 11) is 0. The number of aromatic nitrogens is 3. The summed E-state index contributed by atoms with van der Waals surface area (Å²) >= 11 is 0.795. The number of amides is 2. The van der Waals surface area contributed by atoms with Gasteiger partial charge in [-0.2, -0.15) is 13.2 Å². The number of ether oxygens (including phenoxy) is 2. The van der Waals surface area contributed by atoms with E-state index in [1.165, 1.54) is 18.5 Å². The van der Waals surface area contributed by atoms with Gasteiger partial charge in [-0.3, -0.25) is 10.1 Å². The highest BCUT2D eigenvalue weighted by atomic mass is 32.1. The number of carbonyl (C=O) groups excluding carboxylic acids is 2. The topological polar surface area (TPSA) is 124 Å². The molecular formula is C32H34F3N5O5S. The number of carbonyl (C=O) groups is 2. The molecule has 0 aliphatic carbocycles. The van der Waals surface area contributed by atoms with Crippen LogP contribution in [-0.2, 0) is 22.2 Å². The summed E-state index contributed by atoms with van der Waals surface area (Å²) < 4.78 is 53.0. The highest BCUT2D eigenvalue weighted by molar-refractivity contribution is 7.13. The molecule has 3 aromatic heterocycles. The van der Waals surface area contributed by atoms with Gasteiger partial charge in [0, 0.05) is 60.1 Å². The van der Waals surface area contributed by atoms with E-state index in [9.17, 15) is 27.6 Å². The van der Waals surface area contributed by atoms with Crippen molar-refractivity contribution in [3.63, 3.8) is 0 Å². The molecule has 14 heteroatoms. The molecule has 4 heterocycles. The Hall–Kier alpha value is -4.30. The van der Waals surface area contributed by atoms with Gasteiger partial charge < -0.3 is 19.4 Å². The van der Waals surface area contributed by atoms with Gasteiger partial charge in [-0.1, -0.05) is 6.07 Å². The summed E-state index contributed by atoms with van der Waals surface area (Å²) in [4.78, 5) is 47.0. The number of alkyl halides is 3. The predicted molar refractivity (Wildman–Crippen MR) is 169 cm³/mol. The third kappa shape index (κ3) is 7.56. The molecule has 0 bridgehead atoms. The first-order valence-corrected chi connectivity index (χ1v) is 15.9. The fourth-order valence-electron chi connectivity index (χ4n) is 5.33. The van der Waals surface area contributed by atoms with Gasteiger partial charge in [0.2, 0.25) is 5.43 Å². The van der Waals surface area contributed by atoms with Gasteiger partial charge in [0.1, 0.15) is 16.4 Å². The average molecular weight is 658 g/mol. The molecule has 1 fully saturated rings. The van der Waals surface area contributed by atoms with Gasteiger partial charge in [0.25, 0.3) is 0 Å². The van der Waals surface area contributed by atoms with Gasteiger partial charge in [0.05, 0.1) is 12.1 Å². The van der Waals surface area contributed by atoms with Crippen molar-refractivity contribution in [2.24, 2.45) is 5.92 Å². The molecule has 5 rings (SSSR count). The van der Waals surface area contributed by atoms with E-state index >= 15 is 0 Å². The molecule has 1 aliphatic heterocycles. The summed E-state index contributed by atoms with van der Waals surface area (Å²) in [6.07, 6.45) is 0.978. The molecule has 2 N–H and O–H groups in total. The van der Waals surface area contributed by atoms with Crippen molar-refractivity contribution in [3.8, 4) is 21.7 Å². The number of esters is 1. The lowest BCUT2D eigenvalue weighted by Gasteiger charge is -2.23. The van der Waals surface area contributed by atoms with Crippen LogP contribution in [0.25, 0.3) is 32.6 Å². The summed E-state index contributed by atoms with van der Waals surface area (Å²) in [6.45, 7) is 7.26. The molecule has 0 atom stereocenters. The molecule has 10 nitrogen and oxygen atoms in total. The minimum absolute atomic E-state index is 0.0475. The molecule has 1 aliphatic rings. The third-order valence-corrected chi connectivity index (χ3v) is 8.47. The van der Waals surface area contributed by atoms with Gasteiger partial charge >= 0.3 is 18.2 Å². The van der Waals surface area contributed by atoms with Crippen LogP contribution in [0.1, 0.15) is 56.1 Å². The summed E-state index contributed by atoms with van der Waals surface area (Å²) in [5, 5.41) is 6.48. The number of rotatable bonds is 9. The lowest BCUT2D eigenvalue weighted by Crippen LogP contribution is -2.34. The third-order valence-electron chi connectivity index (χ3n) is 7.60. The van der Waals surface area contributed by atoms with Crippen LogP contribution in [0.5, 0.6) is 0 Å². The Morgan fingerprint density at radius 3 is 2.61 bits per heavy atom. The van der Waals surface area contributed by atoms with Crippen LogP contribution in [0.2, 0.25) is 0 Å². The number of thiazole rings is 1. The molecule has 4 aromatic rings. The zero-order chi connectivity index (χ0) is 33.0. The lowest BCUT2D eigenvalue weighted by atomic mass is 9.96. The fourth-order valence-corrected chi connectivity index (χ4v) is 6.19. The lowest BCUT2D eigenvalue weighted by molar-refractivity contribution is -0.140. The maximum Gasteiger partial charge on any atom is 0.434 e. The number of nitrogens with one attached hydrogen (secondary N) is 2. The minimum atomic E-state index is -4.65. The van der Waals surface area contributed by atoms with E-state index in [2.05, 4.69) is 20.6 Å². The normalized spacial score (nSPS) is 14.1. The number of urea groups is 1. The van der Waals surface area contributed by atoms with E-state index in [-0.39, 0.29) is 40.0 Å². The predicted octanol–water partition coefficient (Wildman–Crippen LogP) is 6.73. The molecule has 0 unspecified atom stereocenters. The van der Waals surface area contributed by atoms with Crippen molar-refractivity contribution < 1.29 is 32.2 Å². The first kappa shape index (κ1) is 33.1. The zero-order valence-corrected chi connectivity index (χ0v) is 26.4. The maximum absolute atomic E-state index is 13.7. The number of benzene rings is 1. The van der Waals surface area contributed by atoms with Crippen molar-refractivity contribution in [1.29, 1.82) is 0 Å². The Kier molecular flexibility index (Phi) is 10.1. The van der Waals surface area contributed by atoms with E-state index < -0.39 is 29.3 Å². The average Bonchev–Trinajstić information content (AvgIpc) is 3.52. The van der Waals surface area contributed by atoms with Crippen molar-refractivity contribution in [3.05, 3.63) is 63.5 Å². The number of pyridine rings is 2. The molecule has 1 aromatic carbocycles. The number of fused-ring (bicyclic) bond motifs is 1. The first-order valence-electron chi connectivity index (χ1n) is 15.0. The van der Waals surface area contributed by atoms with Gasteiger partial charge in [-0.25, -0.2) is 19.6 Å². The Morgan fingerprint density at radius 2 is 1.93 bits per heavy atom. The van der Waals surface area contributed by atoms with E-state index in [0.29, 0.717) is 42.3 Å². The van der Waals surface area contributed by atoms with Crippen LogP contribution in [0.4, 0.5) is 23.8 Å². The number of aryl methyl sites for hydroxylation is 1. The molecule has 46 heavy (non-hydrogen) atoms. The number of hydrogen-bond donors (Lipinski definition) is 2. The van der Waals surface area contributed by atoms with Crippen LogP contribution >= 0.6 is 11.3 Å². The Morgan fingerprint density at radius 1 is 1.17 bits per heavy atom. The van der Waals surface area contributed by atoms with Crippen LogP contribution < -0.4 is 16.1 Å². The molecule has 0 saturated carbocycles. The largest absolute Gasteiger partial charge is 0.462 e. The van der Waals surface area contributed by atoms with Crippen LogP contribution in [0.3, 0.4) is 0 Å². The molecular weight excluding hydrogens is 623 g/mol. The molecule has 1 saturated heterocycles. The van der Waals surface area contributed by atoms with E-state index in [0.717, 1.165) is 36.0 Å². The van der Waals surface area contributed by atoms with Crippen molar-refractivity contribution in [2.45, 2.75) is 58.8 Å². The van der Waals surface area contributed by atoms with Gasteiger partial charge in [-0.05, 0) is 69.7 Å². The number of nitrogens with zero attached hydrogens (tertiary/aromatic N) is 3.